The number of pyridine rings is 1. The second-order valence-corrected chi connectivity index (χ2v) is 6.54. The first kappa shape index (κ1) is 18.2. The fraction of sp³-hybridized carbons (Fsp3) is 0.706. The van der Waals surface area contributed by atoms with Gasteiger partial charge in [-0.05, 0) is 32.4 Å². The molecule has 0 spiro atoms. The van der Waals surface area contributed by atoms with Crippen molar-refractivity contribution < 1.29 is 0 Å². The molecule has 0 aliphatic carbocycles. The number of nitrogens with one attached hydrogen (secondary N) is 1. The smallest absolute Gasteiger partial charge is 0.129 e. The molecular weight excluding hydrogens is 282 g/mol. The van der Waals surface area contributed by atoms with Gasteiger partial charge in [-0.2, -0.15) is 0 Å². The van der Waals surface area contributed by atoms with Crippen molar-refractivity contribution in [1.82, 2.24) is 10.3 Å². The van der Waals surface area contributed by atoms with Crippen molar-refractivity contribution in [2.75, 3.05) is 11.4 Å². The Kier molecular flexibility index (Phi) is 8.05. The number of unbranched alkanes of at least 4 members (excludes halogenated alkanes) is 2. The van der Waals surface area contributed by atoms with Crippen molar-refractivity contribution >= 4 is 17.4 Å². The minimum absolute atomic E-state index is 0.428. The zero-order valence-electron chi connectivity index (χ0n) is 14.1. The van der Waals surface area contributed by atoms with Crippen LogP contribution in [0.1, 0.15) is 59.6 Å². The highest BCUT2D eigenvalue weighted by Crippen LogP contribution is 2.21. The van der Waals surface area contributed by atoms with Gasteiger partial charge in [-0.3, -0.25) is 0 Å². The maximum Gasteiger partial charge on any atom is 0.129 e. The Balaban J connectivity index is 2.85. The van der Waals surface area contributed by atoms with Crippen molar-refractivity contribution in [3.63, 3.8) is 0 Å². The molecule has 0 saturated carbocycles. The highest BCUT2D eigenvalue weighted by Gasteiger charge is 2.13. The van der Waals surface area contributed by atoms with Gasteiger partial charge < -0.3 is 10.2 Å². The summed E-state index contributed by atoms with van der Waals surface area (Å²) in [7, 11) is 0. The van der Waals surface area contributed by atoms with E-state index in [0.29, 0.717) is 18.6 Å². The molecule has 0 fully saturated rings. The highest BCUT2D eigenvalue weighted by molar-refractivity contribution is 6.31. The third kappa shape index (κ3) is 6.23. The summed E-state index contributed by atoms with van der Waals surface area (Å²) in [4.78, 5) is 7.14. The van der Waals surface area contributed by atoms with Crippen LogP contribution in [0.4, 0.5) is 5.82 Å². The SMILES string of the molecule is CCCCCN(c1ccc(Cl)c(CNC(C)C)n1)C(C)C. The normalized spacial score (nSPS) is 11.4. The lowest BCUT2D eigenvalue weighted by atomic mass is 10.2. The van der Waals surface area contributed by atoms with Gasteiger partial charge in [-0.25, -0.2) is 4.98 Å². The van der Waals surface area contributed by atoms with Crippen LogP contribution in [-0.4, -0.2) is 23.6 Å². The first-order chi connectivity index (χ1) is 9.95. The number of halogens is 1. The Morgan fingerprint density at radius 1 is 1.19 bits per heavy atom. The maximum atomic E-state index is 6.27. The Morgan fingerprint density at radius 3 is 2.48 bits per heavy atom. The van der Waals surface area contributed by atoms with Gasteiger partial charge in [-0.1, -0.05) is 45.2 Å². The van der Waals surface area contributed by atoms with Crippen LogP contribution in [0, 0.1) is 0 Å². The lowest BCUT2D eigenvalue weighted by molar-refractivity contribution is 0.578. The van der Waals surface area contributed by atoms with E-state index in [-0.39, 0.29) is 0 Å². The molecule has 0 atom stereocenters. The van der Waals surface area contributed by atoms with Gasteiger partial charge >= 0.3 is 0 Å². The molecule has 1 N–H and O–H groups in total. The van der Waals surface area contributed by atoms with Gasteiger partial charge in [0, 0.05) is 25.2 Å². The average molecular weight is 312 g/mol. The third-order valence-electron chi connectivity index (χ3n) is 3.50. The van der Waals surface area contributed by atoms with Crippen LogP contribution >= 0.6 is 11.6 Å². The quantitative estimate of drug-likeness (QED) is 0.673. The Hall–Kier alpha value is -0.800. The van der Waals surface area contributed by atoms with Crippen molar-refractivity contribution in [3.8, 4) is 0 Å². The van der Waals surface area contributed by atoms with Gasteiger partial charge in [0.15, 0.2) is 0 Å². The molecule has 1 aromatic rings. The van der Waals surface area contributed by atoms with E-state index in [0.717, 1.165) is 23.1 Å². The minimum Gasteiger partial charge on any atom is -0.354 e. The summed E-state index contributed by atoms with van der Waals surface area (Å²) < 4.78 is 0. The number of hydrogen-bond donors (Lipinski definition) is 1. The standard InChI is InChI=1S/C17H30ClN3/c1-6-7-8-11-21(14(4)5)17-10-9-15(18)16(20-17)12-19-13(2)3/h9-10,13-14,19H,6-8,11-12H2,1-5H3. The van der Waals surface area contributed by atoms with Gasteiger partial charge in [0.05, 0.1) is 10.7 Å². The van der Waals surface area contributed by atoms with Crippen LogP contribution in [0.2, 0.25) is 5.02 Å². The molecule has 1 rings (SSSR count). The second-order valence-electron chi connectivity index (χ2n) is 6.13. The zero-order valence-corrected chi connectivity index (χ0v) is 14.9. The van der Waals surface area contributed by atoms with E-state index in [4.69, 9.17) is 16.6 Å². The number of aromatic nitrogens is 1. The first-order valence-electron chi connectivity index (χ1n) is 8.11. The van der Waals surface area contributed by atoms with Crippen LogP contribution in [0.15, 0.2) is 12.1 Å². The Bertz CT molecular complexity index is 418. The third-order valence-corrected chi connectivity index (χ3v) is 3.85. The summed E-state index contributed by atoms with van der Waals surface area (Å²) in [6, 6.07) is 4.88. The molecule has 0 radical (unpaired) electrons. The summed E-state index contributed by atoms with van der Waals surface area (Å²) >= 11 is 6.27. The van der Waals surface area contributed by atoms with E-state index >= 15 is 0 Å². The molecule has 4 heteroatoms. The average Bonchev–Trinajstić information content (AvgIpc) is 2.42. The lowest BCUT2D eigenvalue weighted by Gasteiger charge is -2.28. The van der Waals surface area contributed by atoms with Crippen LogP contribution in [0.25, 0.3) is 0 Å². The van der Waals surface area contributed by atoms with Gasteiger partial charge in [-0.15, -0.1) is 0 Å². The monoisotopic (exact) mass is 311 g/mol. The van der Waals surface area contributed by atoms with Gasteiger partial charge in [0.2, 0.25) is 0 Å². The van der Waals surface area contributed by atoms with E-state index in [2.05, 4.69) is 44.8 Å². The second kappa shape index (κ2) is 9.26. The Labute approximate surface area is 135 Å². The molecule has 0 saturated heterocycles. The summed E-state index contributed by atoms with van der Waals surface area (Å²) in [6.07, 6.45) is 3.71. The van der Waals surface area contributed by atoms with E-state index in [9.17, 15) is 0 Å². The van der Waals surface area contributed by atoms with E-state index in [1.54, 1.807) is 0 Å². The molecule has 0 aromatic carbocycles. The number of rotatable bonds is 9. The van der Waals surface area contributed by atoms with Crippen LogP contribution < -0.4 is 10.2 Å². The van der Waals surface area contributed by atoms with E-state index in [1.807, 2.05) is 12.1 Å². The van der Waals surface area contributed by atoms with Crippen molar-refractivity contribution in [2.24, 2.45) is 0 Å². The molecule has 0 unspecified atom stereocenters. The van der Waals surface area contributed by atoms with Crippen molar-refractivity contribution in [2.45, 2.75) is 72.5 Å². The lowest BCUT2D eigenvalue weighted by Crippen LogP contribution is -2.33. The molecular formula is C17H30ClN3. The van der Waals surface area contributed by atoms with E-state index in [1.165, 1.54) is 19.3 Å². The molecule has 1 heterocycles. The largest absolute Gasteiger partial charge is 0.354 e. The number of anilines is 1. The summed E-state index contributed by atoms with van der Waals surface area (Å²) in [5.41, 5.74) is 0.934. The zero-order chi connectivity index (χ0) is 15.8. The maximum absolute atomic E-state index is 6.27. The highest BCUT2D eigenvalue weighted by atomic mass is 35.5. The predicted octanol–water partition coefficient (Wildman–Crippen LogP) is 4.64. The molecule has 3 nitrogen and oxygen atoms in total. The van der Waals surface area contributed by atoms with Crippen molar-refractivity contribution in [1.29, 1.82) is 0 Å². The summed E-state index contributed by atoms with van der Waals surface area (Å²) in [5.74, 6) is 1.03. The molecule has 1 aromatic heterocycles. The number of nitrogens with zero attached hydrogens (tertiary/aromatic N) is 2. The van der Waals surface area contributed by atoms with Crippen LogP contribution in [0.3, 0.4) is 0 Å². The van der Waals surface area contributed by atoms with Crippen LogP contribution in [0.5, 0.6) is 0 Å². The van der Waals surface area contributed by atoms with Gasteiger partial charge in [0.1, 0.15) is 5.82 Å². The minimum atomic E-state index is 0.428. The van der Waals surface area contributed by atoms with Crippen molar-refractivity contribution in [3.05, 3.63) is 22.8 Å². The molecule has 0 bridgehead atoms. The molecule has 0 aliphatic heterocycles. The fourth-order valence-electron chi connectivity index (χ4n) is 2.23. The first-order valence-corrected chi connectivity index (χ1v) is 8.49. The van der Waals surface area contributed by atoms with Crippen LogP contribution in [-0.2, 0) is 6.54 Å². The predicted molar refractivity (Wildman–Crippen MR) is 93.2 cm³/mol. The molecule has 120 valence electrons. The molecule has 21 heavy (non-hydrogen) atoms. The fourth-order valence-corrected chi connectivity index (χ4v) is 2.40. The van der Waals surface area contributed by atoms with Gasteiger partial charge in [0.25, 0.3) is 0 Å². The van der Waals surface area contributed by atoms with E-state index < -0.39 is 0 Å². The Morgan fingerprint density at radius 2 is 1.90 bits per heavy atom. The molecule has 0 amide bonds. The summed E-state index contributed by atoms with van der Waals surface area (Å²) in [6.45, 7) is 12.7. The summed E-state index contributed by atoms with van der Waals surface area (Å²) in [5, 5.41) is 4.12. The number of hydrogen-bond acceptors (Lipinski definition) is 3. The topological polar surface area (TPSA) is 28.2 Å². The molecule has 0 aliphatic rings.